The Balaban J connectivity index is 1.40. The van der Waals surface area contributed by atoms with Gasteiger partial charge in [0.25, 0.3) is 5.91 Å². The van der Waals surface area contributed by atoms with Crippen LogP contribution >= 0.6 is 15.9 Å². The van der Waals surface area contributed by atoms with E-state index in [0.29, 0.717) is 18.7 Å². The van der Waals surface area contributed by atoms with E-state index in [-0.39, 0.29) is 36.0 Å². The zero-order chi connectivity index (χ0) is 25.7. The summed E-state index contributed by atoms with van der Waals surface area (Å²) in [7, 11) is -2.70. The van der Waals surface area contributed by atoms with Crippen molar-refractivity contribution in [3.63, 3.8) is 0 Å². The summed E-state index contributed by atoms with van der Waals surface area (Å²) in [6.45, 7) is 6.30. The Labute approximate surface area is 219 Å². The monoisotopic (exact) mass is 570 g/mol. The average molecular weight is 572 g/mol. The van der Waals surface area contributed by atoms with E-state index in [4.69, 9.17) is 4.74 Å². The van der Waals surface area contributed by atoms with Crippen LogP contribution in [0.2, 0.25) is 18.6 Å². The Hall–Kier alpha value is -2.37. The van der Waals surface area contributed by atoms with Crippen molar-refractivity contribution in [1.29, 1.82) is 0 Å². The summed E-state index contributed by atoms with van der Waals surface area (Å²) in [4.78, 5) is 24.6. The van der Waals surface area contributed by atoms with Gasteiger partial charge >= 0.3 is 0 Å². The van der Waals surface area contributed by atoms with Gasteiger partial charge in [0.05, 0.1) is 24.3 Å². The fraction of sp³-hybridized carbons (Fsp3) is 0.423. The van der Waals surface area contributed by atoms with Crippen molar-refractivity contribution in [2.24, 2.45) is 5.92 Å². The van der Waals surface area contributed by atoms with Crippen molar-refractivity contribution in [3.8, 4) is 0 Å². The van der Waals surface area contributed by atoms with Crippen LogP contribution in [0.15, 0.2) is 59.2 Å². The van der Waals surface area contributed by atoms with Crippen LogP contribution in [0.4, 0.5) is 5.69 Å². The highest BCUT2D eigenvalue weighted by Crippen LogP contribution is 2.58. The molecule has 0 saturated carbocycles. The number of aryl methyl sites for hydroxylation is 1. The maximum absolute atomic E-state index is 13.3. The molecule has 3 N–H and O–H groups in total. The van der Waals surface area contributed by atoms with E-state index in [1.54, 1.807) is 4.68 Å². The molecular weight excluding hydrogens is 540 g/mol. The third kappa shape index (κ3) is 4.24. The Kier molecular flexibility index (Phi) is 6.67. The molecule has 190 valence electrons. The largest absolute Gasteiger partial charge is 0.432 e. The van der Waals surface area contributed by atoms with Gasteiger partial charge in [-0.3, -0.25) is 9.48 Å². The summed E-state index contributed by atoms with van der Waals surface area (Å²) < 4.78 is 9.29. The first-order valence-electron chi connectivity index (χ1n) is 12.2. The van der Waals surface area contributed by atoms with E-state index in [9.17, 15) is 14.7 Å². The van der Waals surface area contributed by atoms with Gasteiger partial charge in [0.2, 0.25) is 0 Å². The van der Waals surface area contributed by atoms with Gasteiger partial charge in [-0.1, -0.05) is 58.4 Å². The number of hydrogen-bond acceptors (Lipinski definition) is 6. The van der Waals surface area contributed by atoms with Gasteiger partial charge in [0.1, 0.15) is 0 Å². The van der Waals surface area contributed by atoms with Gasteiger partial charge < -0.3 is 20.0 Å². The fourth-order valence-electron chi connectivity index (χ4n) is 6.04. The predicted molar refractivity (Wildman–Crippen MR) is 142 cm³/mol. The highest BCUT2D eigenvalue weighted by atomic mass is 79.9. The molecule has 1 unspecified atom stereocenters. The van der Waals surface area contributed by atoms with Crippen LogP contribution in [0.3, 0.4) is 0 Å². The predicted octanol–water partition coefficient (Wildman–Crippen LogP) is 4.01. The average Bonchev–Trinajstić information content (AvgIpc) is 3.50. The number of nitrogens with zero attached hydrogens (tertiary/aromatic N) is 3. The second-order valence-corrected chi connectivity index (χ2v) is 15.2. The lowest BCUT2D eigenvalue weighted by atomic mass is 9.82. The Morgan fingerprint density at radius 3 is 2.69 bits per heavy atom. The molecule has 10 heteroatoms. The van der Waals surface area contributed by atoms with Crippen LogP contribution in [-0.4, -0.2) is 51.8 Å². The third-order valence-electron chi connectivity index (χ3n) is 7.64. The van der Waals surface area contributed by atoms with Crippen molar-refractivity contribution in [2.45, 2.75) is 56.1 Å². The number of rotatable bonds is 7. The van der Waals surface area contributed by atoms with Gasteiger partial charge in [0, 0.05) is 39.9 Å². The maximum Gasteiger partial charge on any atom is 0.261 e. The van der Waals surface area contributed by atoms with Crippen molar-refractivity contribution < 1.29 is 19.4 Å². The molecule has 1 fully saturated rings. The number of anilines is 1. The molecule has 36 heavy (non-hydrogen) atoms. The zero-order valence-electron chi connectivity index (χ0n) is 20.6. The lowest BCUT2D eigenvalue weighted by Gasteiger charge is -2.32. The number of amides is 1. The van der Waals surface area contributed by atoms with E-state index in [0.717, 1.165) is 21.3 Å². The van der Waals surface area contributed by atoms with Crippen molar-refractivity contribution >= 4 is 35.8 Å². The van der Waals surface area contributed by atoms with Gasteiger partial charge in [-0.25, -0.2) is 0 Å². The van der Waals surface area contributed by atoms with E-state index in [2.05, 4.69) is 31.6 Å². The van der Waals surface area contributed by atoms with Gasteiger partial charge in [-0.05, 0) is 43.3 Å². The molecule has 0 bridgehead atoms. The SMILES string of the molecule is C[C@@H]1[C@@H]([Si](C)(C)O)[C@H](CCn2cc(C(CO)c3ccccc3)nn2)O[C@@]12C(=O)Nc1ccc(Br)cc12. The third-order valence-corrected chi connectivity index (χ3v) is 10.6. The number of aromatic nitrogens is 3. The van der Waals surface area contributed by atoms with Crippen molar-refractivity contribution in [3.05, 3.63) is 76.0 Å². The first-order valence-corrected chi connectivity index (χ1v) is 16.0. The van der Waals surface area contributed by atoms with Crippen LogP contribution < -0.4 is 5.32 Å². The lowest BCUT2D eigenvalue weighted by Crippen LogP contribution is -2.43. The first-order chi connectivity index (χ1) is 17.1. The number of fused-ring (bicyclic) bond motifs is 2. The summed E-state index contributed by atoms with van der Waals surface area (Å²) in [5.41, 5.74) is 1.96. The molecule has 8 nitrogen and oxygen atoms in total. The minimum absolute atomic E-state index is 0.0646. The Morgan fingerprint density at radius 1 is 1.25 bits per heavy atom. The quantitative estimate of drug-likeness (QED) is 0.370. The molecule has 3 heterocycles. The minimum atomic E-state index is -2.70. The van der Waals surface area contributed by atoms with Gasteiger partial charge in [-0.15, -0.1) is 5.10 Å². The number of benzene rings is 2. The van der Waals surface area contributed by atoms with Crippen molar-refractivity contribution in [2.75, 3.05) is 11.9 Å². The second kappa shape index (κ2) is 9.49. The number of aliphatic hydroxyl groups excluding tert-OH is 1. The number of carbonyl (C=O) groups excluding carboxylic acids is 1. The lowest BCUT2D eigenvalue weighted by molar-refractivity contribution is -0.143. The number of hydrogen-bond donors (Lipinski definition) is 3. The van der Waals surface area contributed by atoms with Crippen LogP contribution in [-0.2, 0) is 21.7 Å². The van der Waals surface area contributed by atoms with Crippen LogP contribution in [0.25, 0.3) is 0 Å². The van der Waals surface area contributed by atoms with E-state index >= 15 is 0 Å². The summed E-state index contributed by atoms with van der Waals surface area (Å²) in [6, 6.07) is 15.5. The number of nitrogens with one attached hydrogen (secondary N) is 1. The fourth-order valence-corrected chi connectivity index (χ4v) is 9.00. The topological polar surface area (TPSA) is 110 Å². The van der Waals surface area contributed by atoms with Crippen molar-refractivity contribution in [1.82, 2.24) is 15.0 Å². The van der Waals surface area contributed by atoms with E-state index in [1.165, 1.54) is 0 Å². The highest BCUT2D eigenvalue weighted by molar-refractivity contribution is 9.10. The maximum atomic E-state index is 13.3. The molecule has 1 saturated heterocycles. The Bertz CT molecular complexity index is 1260. The molecule has 2 aliphatic heterocycles. The minimum Gasteiger partial charge on any atom is -0.432 e. The smallest absolute Gasteiger partial charge is 0.261 e. The van der Waals surface area contributed by atoms with Gasteiger partial charge in [-0.2, -0.15) is 0 Å². The molecule has 5 rings (SSSR count). The molecule has 2 aromatic carbocycles. The molecule has 3 aromatic rings. The summed E-state index contributed by atoms with van der Waals surface area (Å²) in [5, 5.41) is 21.6. The summed E-state index contributed by atoms with van der Waals surface area (Å²) in [5.74, 6) is -0.627. The number of ether oxygens (including phenoxy) is 1. The van der Waals surface area contributed by atoms with Crippen LogP contribution in [0.5, 0.6) is 0 Å². The molecule has 1 amide bonds. The number of carbonyl (C=O) groups is 1. The second-order valence-electron chi connectivity index (χ2n) is 10.3. The van der Waals surface area contributed by atoms with E-state index in [1.807, 2.05) is 74.7 Å². The molecule has 1 aromatic heterocycles. The Morgan fingerprint density at radius 2 is 2.00 bits per heavy atom. The van der Waals surface area contributed by atoms with E-state index < -0.39 is 13.9 Å². The molecule has 5 atom stereocenters. The van der Waals surface area contributed by atoms with Gasteiger partial charge in [0.15, 0.2) is 13.9 Å². The molecule has 0 aliphatic carbocycles. The zero-order valence-corrected chi connectivity index (χ0v) is 23.1. The highest BCUT2D eigenvalue weighted by Gasteiger charge is 2.64. The molecular formula is C26H31BrN4O4Si. The summed E-state index contributed by atoms with van der Waals surface area (Å²) in [6.07, 6.45) is 2.10. The normalized spacial score (nSPS) is 26.3. The molecule has 2 aliphatic rings. The number of aliphatic hydroxyl groups is 1. The number of halogens is 1. The van der Waals surface area contributed by atoms with Crippen LogP contribution in [0, 0.1) is 5.92 Å². The standard InChI is InChI=1S/C26H31BrN4O4Si/c1-16-24(36(2,3)34)23(35-26(16)20-13-18(27)9-10-21(20)28-25(26)33)11-12-31-14-22(29-30-31)19(15-32)17-7-5-4-6-8-17/h4-10,13-14,16,19,23-24,32,34H,11-12,15H2,1-3H3,(H,28,33)/t16-,19?,23+,24-,26+/m1/s1. The van der Waals surface area contributed by atoms with Crippen LogP contribution in [0.1, 0.15) is 36.1 Å². The molecule has 0 radical (unpaired) electrons. The first kappa shape index (κ1) is 25.3. The molecule has 1 spiro atoms. The summed E-state index contributed by atoms with van der Waals surface area (Å²) >= 11 is 3.53.